The van der Waals surface area contributed by atoms with Crippen LogP contribution in [0.2, 0.25) is 0 Å². The van der Waals surface area contributed by atoms with Crippen LogP contribution in [0.15, 0.2) is 12.2 Å². The molecule has 0 aliphatic heterocycles. The highest BCUT2D eigenvalue weighted by Crippen LogP contribution is 2.79. The summed E-state index contributed by atoms with van der Waals surface area (Å²) in [5.41, 5.74) is 0. The van der Waals surface area contributed by atoms with Crippen LogP contribution in [-0.2, 0) is 9.59 Å². The Bertz CT molecular complexity index is 533. The Morgan fingerprint density at radius 2 is 1.59 bits per heavy atom. The Labute approximate surface area is 99.4 Å². The fourth-order valence-corrected chi connectivity index (χ4v) is 7.25. The predicted molar refractivity (Wildman–Crippen MR) is 58.7 cm³/mol. The normalized spacial score (nSPS) is 71.3. The molecule has 0 bridgehead atoms. The van der Waals surface area contributed by atoms with Gasteiger partial charge < -0.3 is 0 Å². The molecule has 17 heavy (non-hydrogen) atoms. The van der Waals surface area contributed by atoms with Crippen LogP contribution in [0.5, 0.6) is 0 Å². The third-order valence-electron chi connectivity index (χ3n) is 7.27. The lowest BCUT2D eigenvalue weighted by atomic mass is 9.61. The van der Waals surface area contributed by atoms with Crippen molar-refractivity contribution < 1.29 is 9.59 Å². The number of Topliss-reactive ketones (excluding diaryl/α,β-unsaturated/α-hetero) is 2. The van der Waals surface area contributed by atoms with E-state index in [-0.39, 0.29) is 0 Å². The minimum absolute atomic E-state index is 0.309. The van der Waals surface area contributed by atoms with Gasteiger partial charge in [0.15, 0.2) is 0 Å². The van der Waals surface area contributed by atoms with E-state index in [1.165, 1.54) is 0 Å². The van der Waals surface area contributed by atoms with Crippen LogP contribution in [0, 0.1) is 59.2 Å². The van der Waals surface area contributed by atoms with Gasteiger partial charge in [0, 0.05) is 24.2 Å². The van der Waals surface area contributed by atoms with Gasteiger partial charge in [-0.3, -0.25) is 9.59 Å². The van der Waals surface area contributed by atoms with Crippen LogP contribution >= 0.6 is 0 Å². The topological polar surface area (TPSA) is 34.1 Å². The molecule has 0 spiro atoms. The van der Waals surface area contributed by atoms with Crippen molar-refractivity contribution in [2.45, 2.75) is 6.42 Å². The molecule has 0 aromatic rings. The second kappa shape index (κ2) is 2.06. The summed E-state index contributed by atoms with van der Waals surface area (Å²) in [6.45, 7) is 0. The first-order valence-electron chi connectivity index (χ1n) is 7.04. The highest BCUT2D eigenvalue weighted by molar-refractivity contribution is 5.96. The summed E-state index contributed by atoms with van der Waals surface area (Å²) < 4.78 is 0. The van der Waals surface area contributed by atoms with Gasteiger partial charge in [0.05, 0.1) is 0 Å². The second-order valence-electron chi connectivity index (χ2n) is 7.16. The molecule has 0 N–H and O–H groups in total. The molecule has 5 saturated carbocycles. The lowest BCUT2D eigenvalue weighted by molar-refractivity contribution is -0.143. The summed E-state index contributed by atoms with van der Waals surface area (Å²) in [4.78, 5) is 24.6. The Kier molecular flexibility index (Phi) is 0.998. The van der Waals surface area contributed by atoms with E-state index in [9.17, 15) is 9.59 Å². The number of carbonyl (C=O) groups is 2. The fourth-order valence-electron chi connectivity index (χ4n) is 7.25. The minimum Gasteiger partial charge on any atom is -0.299 e. The molecule has 6 rings (SSSR count). The smallest absolute Gasteiger partial charge is 0.140 e. The minimum atomic E-state index is 0.309. The molecular weight excluding hydrogens is 212 g/mol. The largest absolute Gasteiger partial charge is 0.299 e. The van der Waals surface area contributed by atoms with Crippen molar-refractivity contribution in [3.8, 4) is 0 Å². The molecule has 6 aliphatic carbocycles. The SMILES string of the molecule is O=C1[C@H]2[C@H]3C=C[C@H]4[C@@H]5C(=O)C[C@H]6[C@H]1[C@@H]2[C@H]([C@H]34)[C@H]65. The van der Waals surface area contributed by atoms with Gasteiger partial charge >= 0.3 is 0 Å². The van der Waals surface area contributed by atoms with Crippen molar-refractivity contribution in [1.82, 2.24) is 0 Å². The molecule has 0 unspecified atom stereocenters. The third-order valence-corrected chi connectivity index (χ3v) is 7.27. The lowest BCUT2D eigenvalue weighted by Gasteiger charge is -2.40. The summed E-state index contributed by atoms with van der Waals surface area (Å²) in [5, 5.41) is 0. The van der Waals surface area contributed by atoms with Gasteiger partial charge in [-0.25, -0.2) is 0 Å². The number of carbonyl (C=O) groups excluding carboxylic acids is 2. The first-order valence-corrected chi connectivity index (χ1v) is 7.04. The van der Waals surface area contributed by atoms with E-state index >= 15 is 0 Å². The van der Waals surface area contributed by atoms with Gasteiger partial charge in [-0.05, 0) is 41.4 Å². The molecule has 86 valence electrons. The number of hydrogen-bond donors (Lipinski definition) is 0. The number of hydrogen-bond acceptors (Lipinski definition) is 2. The monoisotopic (exact) mass is 226 g/mol. The van der Waals surface area contributed by atoms with Gasteiger partial charge in [-0.2, -0.15) is 0 Å². The Balaban J connectivity index is 1.68. The first kappa shape index (κ1) is 8.23. The summed E-state index contributed by atoms with van der Waals surface area (Å²) in [5.74, 6) is 6.25. The van der Waals surface area contributed by atoms with E-state index in [2.05, 4.69) is 12.2 Å². The first-order chi connectivity index (χ1) is 8.29. The average Bonchev–Trinajstić information content (AvgIpc) is 2.96. The number of fused-ring (bicyclic) bond motifs is 3. The van der Waals surface area contributed by atoms with Crippen molar-refractivity contribution in [2.24, 2.45) is 59.2 Å². The predicted octanol–water partition coefficient (Wildman–Crippen LogP) is 1.31. The molecule has 5 fully saturated rings. The van der Waals surface area contributed by atoms with Gasteiger partial charge in [-0.15, -0.1) is 0 Å². The zero-order chi connectivity index (χ0) is 11.0. The Morgan fingerprint density at radius 1 is 0.824 bits per heavy atom. The lowest BCUT2D eigenvalue weighted by Crippen LogP contribution is -2.48. The molecule has 0 radical (unpaired) electrons. The molecule has 10 atom stereocenters. The summed E-state index contributed by atoms with van der Waals surface area (Å²) >= 11 is 0. The van der Waals surface area contributed by atoms with Crippen LogP contribution in [0.3, 0.4) is 0 Å². The van der Waals surface area contributed by atoms with E-state index < -0.39 is 0 Å². The van der Waals surface area contributed by atoms with Crippen molar-refractivity contribution in [3.63, 3.8) is 0 Å². The standard InChI is InChI=1S/C15H14O2/c16-7-3-6-10-9(7)4-1-2-5-8(4)13(10)14-11(5)15(17)12(6)14/h1-2,4-6,8-14H,3H2/t4-,5+,6-,8+,9-,10-,11+,12+,13-,14-/m1/s1. The van der Waals surface area contributed by atoms with E-state index in [1.54, 1.807) is 0 Å². The van der Waals surface area contributed by atoms with Gasteiger partial charge in [0.25, 0.3) is 0 Å². The van der Waals surface area contributed by atoms with Crippen LogP contribution < -0.4 is 0 Å². The van der Waals surface area contributed by atoms with E-state index in [0.29, 0.717) is 64.8 Å². The van der Waals surface area contributed by atoms with Crippen LogP contribution in [0.4, 0.5) is 0 Å². The summed E-state index contributed by atoms with van der Waals surface area (Å²) in [6.07, 6.45) is 5.33. The Morgan fingerprint density at radius 3 is 2.41 bits per heavy atom. The second-order valence-corrected chi connectivity index (χ2v) is 7.16. The van der Waals surface area contributed by atoms with Crippen LogP contribution in [0.1, 0.15) is 6.42 Å². The summed E-state index contributed by atoms with van der Waals surface area (Å²) in [7, 11) is 0. The highest BCUT2D eigenvalue weighted by atomic mass is 16.1. The van der Waals surface area contributed by atoms with Crippen molar-refractivity contribution in [3.05, 3.63) is 12.2 Å². The van der Waals surface area contributed by atoms with E-state index in [1.807, 2.05) is 0 Å². The Hall–Kier alpha value is -0.920. The van der Waals surface area contributed by atoms with Gasteiger partial charge in [0.2, 0.25) is 0 Å². The van der Waals surface area contributed by atoms with Gasteiger partial charge in [-0.1, -0.05) is 12.2 Å². The van der Waals surface area contributed by atoms with E-state index in [4.69, 9.17) is 0 Å². The zero-order valence-corrected chi connectivity index (χ0v) is 9.45. The van der Waals surface area contributed by atoms with Crippen molar-refractivity contribution in [1.29, 1.82) is 0 Å². The van der Waals surface area contributed by atoms with Crippen molar-refractivity contribution in [2.75, 3.05) is 0 Å². The maximum Gasteiger partial charge on any atom is 0.140 e. The number of allylic oxidation sites excluding steroid dienone is 2. The molecule has 0 aromatic carbocycles. The van der Waals surface area contributed by atoms with Crippen LogP contribution in [0.25, 0.3) is 0 Å². The summed E-state index contributed by atoms with van der Waals surface area (Å²) in [6, 6.07) is 0. The van der Waals surface area contributed by atoms with Gasteiger partial charge in [0.1, 0.15) is 11.6 Å². The molecular formula is C15H14O2. The zero-order valence-electron chi connectivity index (χ0n) is 9.45. The highest BCUT2D eigenvalue weighted by Gasteiger charge is 2.80. The maximum atomic E-state index is 12.4. The number of rotatable bonds is 0. The third kappa shape index (κ3) is 0.557. The molecule has 0 saturated heterocycles. The average molecular weight is 226 g/mol. The molecule has 2 heteroatoms. The molecule has 6 aliphatic rings. The maximum absolute atomic E-state index is 12.4. The van der Waals surface area contributed by atoms with Crippen LogP contribution in [-0.4, -0.2) is 11.6 Å². The fraction of sp³-hybridized carbons (Fsp3) is 0.733. The number of ketones is 2. The molecule has 0 aromatic heterocycles. The molecule has 0 amide bonds. The van der Waals surface area contributed by atoms with E-state index in [0.717, 1.165) is 12.3 Å². The quantitative estimate of drug-likeness (QED) is 0.584. The molecule has 2 nitrogen and oxygen atoms in total. The molecule has 0 heterocycles. The van der Waals surface area contributed by atoms with Crippen molar-refractivity contribution >= 4 is 11.6 Å².